The van der Waals surface area contributed by atoms with E-state index < -0.39 is 11.6 Å². The number of aromatic nitrogens is 1. The smallest absolute Gasteiger partial charge is 0.331 e. The van der Waals surface area contributed by atoms with Crippen LogP contribution in [0.4, 0.5) is 26.8 Å². The Kier molecular flexibility index (Phi) is 7.42. The van der Waals surface area contributed by atoms with E-state index >= 15 is 0 Å². The van der Waals surface area contributed by atoms with Crippen LogP contribution >= 0.6 is 0 Å². The Hall–Kier alpha value is -3.95. The van der Waals surface area contributed by atoms with Gasteiger partial charge in [0, 0.05) is 50.9 Å². The molecule has 4 rings (SSSR count). The second-order valence-corrected chi connectivity index (χ2v) is 11.3. The molecule has 2 aliphatic heterocycles. The van der Waals surface area contributed by atoms with Crippen molar-refractivity contribution in [3.05, 3.63) is 47.7 Å². The predicted octanol–water partition coefficient (Wildman–Crippen LogP) is 4.74. The normalized spacial score (nSPS) is 19.9. The highest BCUT2D eigenvalue weighted by Crippen LogP contribution is 2.44. The molecule has 3 heterocycles. The lowest BCUT2D eigenvalue weighted by molar-refractivity contribution is -0.124. The molecule has 39 heavy (non-hydrogen) atoms. The highest BCUT2D eigenvalue weighted by atomic mass is 16.2. The molecule has 0 radical (unpaired) electrons. The lowest BCUT2D eigenvalue weighted by atomic mass is 9.87. The largest absolute Gasteiger partial charge is 0.332 e. The molecule has 1 saturated heterocycles. The molecule has 208 valence electrons. The van der Waals surface area contributed by atoms with Crippen molar-refractivity contribution < 1.29 is 19.2 Å². The van der Waals surface area contributed by atoms with Gasteiger partial charge in [-0.1, -0.05) is 33.8 Å². The highest BCUT2D eigenvalue weighted by molar-refractivity contribution is 6.23. The standard InChI is InChI=1S/C29H38N6O4/c1-8-10-24(36)33-18-28(3,4)21-12-11-20(16-22(21)33)35-25(37)29(5,9-2)34(27(35)39)17-19-13-14-30-23(15-19)31-26(38)32(6)7/h11-16H,8-10,17-18H2,1-7H3,(H,30,31,38). The fourth-order valence-corrected chi connectivity index (χ4v) is 5.22. The Morgan fingerprint density at radius 1 is 1.08 bits per heavy atom. The van der Waals surface area contributed by atoms with Gasteiger partial charge in [0.05, 0.1) is 5.69 Å². The number of hydrogen-bond donors (Lipinski definition) is 1. The molecule has 10 nitrogen and oxygen atoms in total. The number of nitrogens with one attached hydrogen (secondary N) is 1. The number of pyridine rings is 1. The second-order valence-electron chi connectivity index (χ2n) is 11.3. The van der Waals surface area contributed by atoms with Crippen molar-refractivity contribution in [1.29, 1.82) is 0 Å². The zero-order valence-electron chi connectivity index (χ0n) is 23.9. The van der Waals surface area contributed by atoms with Gasteiger partial charge in [0.25, 0.3) is 5.91 Å². The van der Waals surface area contributed by atoms with E-state index in [1.54, 1.807) is 61.3 Å². The van der Waals surface area contributed by atoms with E-state index in [9.17, 15) is 19.2 Å². The second kappa shape index (κ2) is 10.3. The Labute approximate surface area is 230 Å². The molecular weight excluding hydrogens is 496 g/mol. The van der Waals surface area contributed by atoms with Crippen molar-refractivity contribution in [2.24, 2.45) is 0 Å². The van der Waals surface area contributed by atoms with Gasteiger partial charge in [-0.2, -0.15) is 0 Å². The number of hydrogen-bond acceptors (Lipinski definition) is 5. The van der Waals surface area contributed by atoms with E-state index in [4.69, 9.17) is 0 Å². The number of amides is 6. The van der Waals surface area contributed by atoms with E-state index in [0.717, 1.165) is 23.2 Å². The number of rotatable bonds is 7. The molecule has 2 aromatic rings. The van der Waals surface area contributed by atoms with Crippen molar-refractivity contribution in [2.45, 2.75) is 71.4 Å². The highest BCUT2D eigenvalue weighted by Gasteiger charge is 2.54. The maximum Gasteiger partial charge on any atom is 0.332 e. The van der Waals surface area contributed by atoms with E-state index in [-0.39, 0.29) is 29.8 Å². The van der Waals surface area contributed by atoms with Crippen LogP contribution in [-0.2, 0) is 21.5 Å². The van der Waals surface area contributed by atoms with Crippen LogP contribution in [-0.4, -0.2) is 64.8 Å². The molecule has 0 spiro atoms. The Balaban J connectivity index is 1.67. The molecule has 0 bridgehead atoms. The first-order valence-electron chi connectivity index (χ1n) is 13.4. The summed E-state index contributed by atoms with van der Waals surface area (Å²) in [4.78, 5) is 62.8. The number of benzene rings is 1. The first kappa shape index (κ1) is 28.1. The third kappa shape index (κ3) is 4.95. The van der Waals surface area contributed by atoms with E-state index in [0.29, 0.717) is 30.9 Å². The minimum atomic E-state index is -1.07. The number of carbonyl (C=O) groups excluding carboxylic acids is 4. The first-order chi connectivity index (χ1) is 18.3. The van der Waals surface area contributed by atoms with Crippen molar-refractivity contribution in [1.82, 2.24) is 14.8 Å². The number of anilines is 3. The number of fused-ring (bicyclic) bond motifs is 1. The number of imide groups is 1. The number of urea groups is 2. The molecule has 1 aromatic carbocycles. The molecule has 1 N–H and O–H groups in total. The summed E-state index contributed by atoms with van der Waals surface area (Å²) in [6.45, 7) is 10.5. The summed E-state index contributed by atoms with van der Waals surface area (Å²) in [5.74, 6) is 0.0848. The first-order valence-corrected chi connectivity index (χ1v) is 13.4. The van der Waals surface area contributed by atoms with Gasteiger partial charge >= 0.3 is 12.1 Å². The van der Waals surface area contributed by atoms with Crippen LogP contribution in [0.2, 0.25) is 0 Å². The minimum Gasteiger partial charge on any atom is -0.331 e. The SMILES string of the molecule is CCCC(=O)N1CC(C)(C)c2ccc(N3C(=O)N(Cc4ccnc(NC(=O)N(C)C)c4)C(C)(CC)C3=O)cc21. The molecular formula is C29H38N6O4. The molecule has 10 heteroatoms. The lowest BCUT2D eigenvalue weighted by Crippen LogP contribution is -2.46. The summed E-state index contributed by atoms with van der Waals surface area (Å²) >= 11 is 0. The van der Waals surface area contributed by atoms with Gasteiger partial charge in [0.1, 0.15) is 11.4 Å². The van der Waals surface area contributed by atoms with Gasteiger partial charge < -0.3 is 14.7 Å². The van der Waals surface area contributed by atoms with Crippen molar-refractivity contribution >= 4 is 41.1 Å². The third-order valence-electron chi connectivity index (χ3n) is 7.75. The Morgan fingerprint density at radius 2 is 1.79 bits per heavy atom. The molecule has 1 atom stereocenters. The topological polar surface area (TPSA) is 106 Å². The van der Waals surface area contributed by atoms with Gasteiger partial charge in [-0.15, -0.1) is 0 Å². The number of carbonyl (C=O) groups is 4. The zero-order valence-corrected chi connectivity index (χ0v) is 23.9. The molecule has 0 aliphatic carbocycles. The van der Waals surface area contributed by atoms with Gasteiger partial charge in [0.2, 0.25) is 5.91 Å². The summed E-state index contributed by atoms with van der Waals surface area (Å²) in [7, 11) is 3.27. The van der Waals surface area contributed by atoms with Gasteiger partial charge in [0.15, 0.2) is 0 Å². The van der Waals surface area contributed by atoms with Crippen LogP contribution in [0.3, 0.4) is 0 Å². The van der Waals surface area contributed by atoms with E-state index in [2.05, 4.69) is 24.1 Å². The summed E-state index contributed by atoms with van der Waals surface area (Å²) in [6, 6.07) is 8.24. The fourth-order valence-electron chi connectivity index (χ4n) is 5.22. The Bertz CT molecular complexity index is 1320. The maximum absolute atomic E-state index is 13.9. The van der Waals surface area contributed by atoms with Crippen molar-refractivity contribution in [3.63, 3.8) is 0 Å². The van der Waals surface area contributed by atoms with Crippen LogP contribution in [0.1, 0.15) is 65.0 Å². The molecule has 1 fully saturated rings. The van der Waals surface area contributed by atoms with E-state index in [1.807, 2.05) is 19.9 Å². The fraction of sp³-hybridized carbons (Fsp3) is 0.483. The van der Waals surface area contributed by atoms with Gasteiger partial charge in [-0.25, -0.2) is 19.5 Å². The van der Waals surface area contributed by atoms with Crippen LogP contribution in [0.15, 0.2) is 36.5 Å². The zero-order chi connectivity index (χ0) is 28.7. The van der Waals surface area contributed by atoms with Crippen LogP contribution in [0.5, 0.6) is 0 Å². The molecule has 1 aromatic heterocycles. The molecule has 2 aliphatic rings. The monoisotopic (exact) mass is 534 g/mol. The van der Waals surface area contributed by atoms with E-state index in [1.165, 1.54) is 9.80 Å². The van der Waals surface area contributed by atoms with Crippen molar-refractivity contribution in [3.8, 4) is 0 Å². The molecule has 0 saturated carbocycles. The average Bonchev–Trinajstić information content (AvgIpc) is 3.26. The number of nitrogens with zero attached hydrogens (tertiary/aromatic N) is 5. The third-order valence-corrected chi connectivity index (χ3v) is 7.75. The summed E-state index contributed by atoms with van der Waals surface area (Å²) < 4.78 is 0. The summed E-state index contributed by atoms with van der Waals surface area (Å²) in [5, 5.41) is 2.71. The van der Waals surface area contributed by atoms with Crippen LogP contribution in [0, 0.1) is 0 Å². The van der Waals surface area contributed by atoms with Crippen LogP contribution in [0.25, 0.3) is 0 Å². The van der Waals surface area contributed by atoms with Crippen LogP contribution < -0.4 is 15.1 Å². The van der Waals surface area contributed by atoms with Gasteiger partial charge in [-0.3, -0.25) is 14.9 Å². The quantitative estimate of drug-likeness (QED) is 0.517. The Morgan fingerprint density at radius 3 is 2.44 bits per heavy atom. The average molecular weight is 535 g/mol. The minimum absolute atomic E-state index is 0.0374. The van der Waals surface area contributed by atoms with Crippen molar-refractivity contribution in [2.75, 3.05) is 35.8 Å². The molecule has 1 unspecified atom stereocenters. The molecule has 6 amide bonds. The maximum atomic E-state index is 13.9. The summed E-state index contributed by atoms with van der Waals surface area (Å²) in [5.41, 5.74) is 1.66. The lowest BCUT2D eigenvalue weighted by Gasteiger charge is -2.30. The summed E-state index contributed by atoms with van der Waals surface area (Å²) in [6.07, 6.45) is 3.16. The van der Waals surface area contributed by atoms with Gasteiger partial charge in [-0.05, 0) is 55.2 Å². The predicted molar refractivity (Wildman–Crippen MR) is 151 cm³/mol.